The van der Waals surface area contributed by atoms with E-state index in [1.807, 2.05) is 30.3 Å². The maximum Gasteiger partial charge on any atom is 0.237 e. The van der Waals surface area contributed by atoms with Crippen LogP contribution in [0.2, 0.25) is 5.02 Å². The third-order valence-corrected chi connectivity index (χ3v) is 7.93. The van der Waals surface area contributed by atoms with Crippen LogP contribution in [0.15, 0.2) is 48.7 Å². The quantitative estimate of drug-likeness (QED) is 0.335. The maximum atomic E-state index is 12.1. The van der Waals surface area contributed by atoms with Crippen molar-refractivity contribution in [3.63, 3.8) is 0 Å². The van der Waals surface area contributed by atoms with Crippen molar-refractivity contribution < 1.29 is 13.7 Å². The second kappa shape index (κ2) is 11.5. The number of halogens is 2. The Kier molecular flexibility index (Phi) is 8.35. The molecule has 0 bridgehead atoms. The minimum Gasteiger partial charge on any atom is -0.489 e. The van der Waals surface area contributed by atoms with Gasteiger partial charge < -0.3 is 9.47 Å². The van der Waals surface area contributed by atoms with Gasteiger partial charge in [-0.05, 0) is 47.9 Å². The van der Waals surface area contributed by atoms with Crippen LogP contribution in [-0.2, 0) is 23.0 Å². The van der Waals surface area contributed by atoms with Crippen LogP contribution in [0, 0.1) is 11.3 Å². The summed E-state index contributed by atoms with van der Waals surface area (Å²) in [6, 6.07) is 15.4. The molecule has 0 aliphatic carbocycles. The van der Waals surface area contributed by atoms with Crippen LogP contribution in [0.25, 0.3) is 0 Å². The van der Waals surface area contributed by atoms with Gasteiger partial charge in [-0.25, -0.2) is 14.2 Å². The summed E-state index contributed by atoms with van der Waals surface area (Å²) in [5.41, 5.74) is 2.58. The Balaban J connectivity index is 1.47. The monoisotopic (exact) mass is 544 g/mol. The lowest BCUT2D eigenvalue weighted by Crippen LogP contribution is -2.22. The number of alkyl halides is 1. The first kappa shape index (κ1) is 26.2. The molecule has 7 nitrogen and oxygen atoms in total. The topological polar surface area (TPSA) is 88.3 Å². The van der Waals surface area contributed by atoms with Crippen molar-refractivity contribution in [2.75, 3.05) is 29.1 Å². The summed E-state index contributed by atoms with van der Waals surface area (Å²) in [6.07, 6.45) is 2.53. The number of rotatable bonds is 9. The summed E-state index contributed by atoms with van der Waals surface area (Å²) < 4.78 is 25.3. The van der Waals surface area contributed by atoms with Gasteiger partial charge in [-0.2, -0.15) is 5.26 Å². The molecule has 2 heterocycles. The SMILES string of the molecule is CC(C)(c1ccc(OCc2ccnc(N3CCCS3=O)n2)cc1)c1cc(Cl)c(OCCCl)c(C#N)c1. The second-order valence-corrected chi connectivity index (χ2v) is 11.0. The lowest BCUT2D eigenvalue weighted by molar-refractivity contribution is 0.301. The second-order valence-electron chi connectivity index (χ2n) is 8.75. The van der Waals surface area contributed by atoms with Crippen molar-refractivity contribution >= 4 is 40.1 Å². The average molecular weight is 545 g/mol. The van der Waals surface area contributed by atoms with Gasteiger partial charge >= 0.3 is 0 Å². The smallest absolute Gasteiger partial charge is 0.237 e. The standard InChI is InChI=1S/C26H26Cl2N4O3S/c1-26(2,20-14-18(16-29)24(23(28)15-20)34-12-9-27)19-4-6-22(7-5-19)35-17-21-8-10-30-25(31-21)32-11-3-13-36(32)33/h4-8,10,14-15H,3,9,11-13,17H2,1-2H3. The number of benzene rings is 2. The van der Waals surface area contributed by atoms with E-state index in [2.05, 4.69) is 29.9 Å². The number of ether oxygens (including phenoxy) is 2. The molecular weight excluding hydrogens is 519 g/mol. The summed E-state index contributed by atoms with van der Waals surface area (Å²) in [5.74, 6) is 2.47. The van der Waals surface area contributed by atoms with Crippen LogP contribution in [0.1, 0.15) is 42.7 Å². The van der Waals surface area contributed by atoms with Crippen molar-refractivity contribution in [3.05, 3.63) is 76.1 Å². The van der Waals surface area contributed by atoms with Gasteiger partial charge in [-0.1, -0.05) is 37.6 Å². The largest absolute Gasteiger partial charge is 0.489 e. The van der Waals surface area contributed by atoms with Crippen LogP contribution in [0.4, 0.5) is 5.95 Å². The van der Waals surface area contributed by atoms with E-state index >= 15 is 0 Å². The Bertz CT molecular complexity index is 1300. The normalized spacial score (nSPS) is 15.5. The highest BCUT2D eigenvalue weighted by atomic mass is 35.5. The summed E-state index contributed by atoms with van der Waals surface area (Å²) in [7, 11) is -1.06. The number of aromatic nitrogens is 2. The van der Waals surface area contributed by atoms with Crippen LogP contribution < -0.4 is 13.8 Å². The Hall–Kier alpha value is -2.86. The number of anilines is 1. The molecule has 0 N–H and O–H groups in total. The molecule has 1 fully saturated rings. The van der Waals surface area contributed by atoms with E-state index in [-0.39, 0.29) is 13.2 Å². The molecule has 1 saturated heterocycles. The summed E-state index contributed by atoms with van der Waals surface area (Å²) >= 11 is 12.2. The number of hydrogen-bond acceptors (Lipinski definition) is 6. The van der Waals surface area contributed by atoms with Gasteiger partial charge in [-0.15, -0.1) is 11.6 Å². The summed E-state index contributed by atoms with van der Waals surface area (Å²) in [4.78, 5) is 8.76. The number of hydrogen-bond donors (Lipinski definition) is 0. The highest BCUT2D eigenvalue weighted by Crippen LogP contribution is 2.38. The summed E-state index contributed by atoms with van der Waals surface area (Å²) in [5, 5.41) is 10.00. The molecule has 10 heteroatoms. The van der Waals surface area contributed by atoms with Crippen LogP contribution in [0.5, 0.6) is 11.5 Å². The molecule has 1 aromatic heterocycles. The molecule has 4 rings (SSSR count). The molecule has 3 aromatic rings. The van der Waals surface area contributed by atoms with Gasteiger partial charge in [0, 0.05) is 23.9 Å². The van der Waals surface area contributed by atoms with E-state index in [1.54, 1.807) is 22.6 Å². The predicted molar refractivity (Wildman–Crippen MR) is 142 cm³/mol. The van der Waals surface area contributed by atoms with Gasteiger partial charge in [0.2, 0.25) is 5.95 Å². The Morgan fingerprint density at radius 2 is 1.94 bits per heavy atom. The zero-order chi connectivity index (χ0) is 25.7. The van der Waals surface area contributed by atoms with Gasteiger partial charge in [0.25, 0.3) is 0 Å². The van der Waals surface area contributed by atoms with Gasteiger partial charge in [0.05, 0.1) is 22.2 Å². The van der Waals surface area contributed by atoms with Crippen LogP contribution in [-0.4, -0.2) is 39.0 Å². The number of nitriles is 1. The average Bonchev–Trinajstić information content (AvgIpc) is 3.32. The fraction of sp³-hybridized carbons (Fsp3) is 0.346. The number of nitrogens with zero attached hydrogens (tertiary/aromatic N) is 4. The van der Waals surface area contributed by atoms with Crippen LogP contribution in [0.3, 0.4) is 0 Å². The van der Waals surface area contributed by atoms with E-state index in [4.69, 9.17) is 32.7 Å². The van der Waals surface area contributed by atoms with E-state index < -0.39 is 16.4 Å². The predicted octanol–water partition coefficient (Wildman–Crippen LogP) is 5.40. The van der Waals surface area contributed by atoms with Crippen LogP contribution >= 0.6 is 23.2 Å². The molecule has 1 atom stereocenters. The molecule has 1 aliphatic rings. The molecule has 0 spiro atoms. The Morgan fingerprint density at radius 1 is 1.17 bits per heavy atom. The molecule has 0 amide bonds. The van der Waals surface area contributed by atoms with Crippen molar-refractivity contribution in [3.8, 4) is 17.6 Å². The molecule has 2 aromatic carbocycles. The molecular formula is C26H26Cl2N4O3S. The minimum absolute atomic E-state index is 0.267. The van der Waals surface area contributed by atoms with Crippen molar-refractivity contribution in [2.45, 2.75) is 32.3 Å². The Labute approximate surface area is 223 Å². The molecule has 0 saturated carbocycles. The first-order chi connectivity index (χ1) is 17.3. The molecule has 0 radical (unpaired) electrons. The molecule has 188 valence electrons. The lowest BCUT2D eigenvalue weighted by atomic mass is 9.77. The molecule has 36 heavy (non-hydrogen) atoms. The molecule has 1 unspecified atom stereocenters. The zero-order valence-corrected chi connectivity index (χ0v) is 22.4. The van der Waals surface area contributed by atoms with Crippen molar-refractivity contribution in [1.82, 2.24) is 9.97 Å². The van der Waals surface area contributed by atoms with E-state index in [1.165, 1.54) is 0 Å². The van der Waals surface area contributed by atoms with Gasteiger partial charge in [0.1, 0.15) is 36.0 Å². The highest BCUT2D eigenvalue weighted by Gasteiger charge is 2.26. The third-order valence-electron chi connectivity index (χ3n) is 6.02. The first-order valence-electron chi connectivity index (χ1n) is 11.5. The van der Waals surface area contributed by atoms with E-state index in [0.29, 0.717) is 51.9 Å². The highest BCUT2D eigenvalue weighted by molar-refractivity contribution is 7.86. The fourth-order valence-corrected chi connectivity index (χ4v) is 5.49. The first-order valence-corrected chi connectivity index (χ1v) is 13.7. The fourth-order valence-electron chi connectivity index (χ4n) is 3.94. The van der Waals surface area contributed by atoms with Gasteiger partial charge in [-0.3, -0.25) is 4.31 Å². The summed E-state index contributed by atoms with van der Waals surface area (Å²) in [6.45, 7) is 5.37. The van der Waals surface area contributed by atoms with E-state index in [0.717, 1.165) is 17.5 Å². The van der Waals surface area contributed by atoms with Gasteiger partial charge in [0.15, 0.2) is 5.75 Å². The van der Waals surface area contributed by atoms with E-state index in [9.17, 15) is 9.47 Å². The Morgan fingerprint density at radius 3 is 2.61 bits per heavy atom. The maximum absolute atomic E-state index is 12.1. The third kappa shape index (κ3) is 5.75. The molecule has 1 aliphatic heterocycles. The van der Waals surface area contributed by atoms with Crippen molar-refractivity contribution in [2.24, 2.45) is 0 Å². The minimum atomic E-state index is -1.06. The lowest BCUT2D eigenvalue weighted by Gasteiger charge is -2.27. The zero-order valence-electron chi connectivity index (χ0n) is 20.0. The van der Waals surface area contributed by atoms with Crippen molar-refractivity contribution in [1.29, 1.82) is 5.26 Å².